The molecule has 0 aromatic heterocycles. The number of nitrogens with one attached hydrogen (secondary N) is 1. The van der Waals surface area contributed by atoms with Crippen LogP contribution in [0.25, 0.3) is 0 Å². The monoisotopic (exact) mass is 294 g/mol. The molecule has 0 saturated carbocycles. The SMILES string of the molecule is CC1OC(C)C(C(=O)N2CCCC2C2CCCNC2)C1C. The van der Waals surface area contributed by atoms with Gasteiger partial charge in [0.05, 0.1) is 18.1 Å². The van der Waals surface area contributed by atoms with Crippen molar-refractivity contribution in [1.82, 2.24) is 10.2 Å². The van der Waals surface area contributed by atoms with Crippen molar-refractivity contribution in [3.05, 3.63) is 0 Å². The lowest BCUT2D eigenvalue weighted by atomic mass is 9.86. The number of rotatable bonds is 2. The van der Waals surface area contributed by atoms with Gasteiger partial charge in [0.1, 0.15) is 0 Å². The molecule has 3 saturated heterocycles. The molecule has 1 amide bonds. The van der Waals surface area contributed by atoms with Gasteiger partial charge in [0.2, 0.25) is 5.91 Å². The van der Waals surface area contributed by atoms with Crippen molar-refractivity contribution in [2.24, 2.45) is 17.8 Å². The number of piperidine rings is 1. The van der Waals surface area contributed by atoms with Gasteiger partial charge in [-0.1, -0.05) is 6.92 Å². The number of carbonyl (C=O) groups excluding carboxylic acids is 1. The van der Waals surface area contributed by atoms with Crippen LogP contribution in [0, 0.1) is 17.8 Å². The summed E-state index contributed by atoms with van der Waals surface area (Å²) in [6.07, 6.45) is 5.13. The van der Waals surface area contributed by atoms with Crippen molar-refractivity contribution < 1.29 is 9.53 Å². The highest BCUT2D eigenvalue weighted by Crippen LogP contribution is 2.37. The zero-order valence-electron chi connectivity index (χ0n) is 13.7. The lowest BCUT2D eigenvalue weighted by molar-refractivity contribution is -0.139. The van der Waals surface area contributed by atoms with Crippen LogP contribution in [0.1, 0.15) is 46.5 Å². The van der Waals surface area contributed by atoms with Gasteiger partial charge in [-0.3, -0.25) is 4.79 Å². The molecule has 0 aromatic carbocycles. The van der Waals surface area contributed by atoms with E-state index in [1.165, 1.54) is 25.7 Å². The molecule has 0 aliphatic carbocycles. The Hall–Kier alpha value is -0.610. The second kappa shape index (κ2) is 6.25. The smallest absolute Gasteiger partial charge is 0.228 e. The summed E-state index contributed by atoms with van der Waals surface area (Å²) in [6, 6.07) is 0.459. The Morgan fingerprint density at radius 3 is 2.57 bits per heavy atom. The summed E-state index contributed by atoms with van der Waals surface area (Å²) in [5.41, 5.74) is 0. The maximum Gasteiger partial charge on any atom is 0.228 e. The Balaban J connectivity index is 1.71. The molecule has 120 valence electrons. The van der Waals surface area contributed by atoms with Crippen LogP contribution in [0.5, 0.6) is 0 Å². The second-order valence-corrected chi connectivity index (χ2v) is 7.28. The van der Waals surface area contributed by atoms with Crippen molar-refractivity contribution in [1.29, 1.82) is 0 Å². The maximum absolute atomic E-state index is 13.1. The molecule has 3 rings (SSSR count). The number of nitrogens with zero attached hydrogens (tertiary/aromatic N) is 1. The molecule has 3 aliphatic heterocycles. The van der Waals surface area contributed by atoms with E-state index in [2.05, 4.69) is 31.0 Å². The van der Waals surface area contributed by atoms with E-state index >= 15 is 0 Å². The summed E-state index contributed by atoms with van der Waals surface area (Å²) in [7, 11) is 0. The lowest BCUT2D eigenvalue weighted by Crippen LogP contribution is -2.49. The molecule has 4 nitrogen and oxygen atoms in total. The van der Waals surface area contributed by atoms with Gasteiger partial charge in [-0.05, 0) is 64.5 Å². The summed E-state index contributed by atoms with van der Waals surface area (Å²) in [4.78, 5) is 15.3. The number of hydrogen-bond acceptors (Lipinski definition) is 3. The van der Waals surface area contributed by atoms with Crippen molar-refractivity contribution in [3.63, 3.8) is 0 Å². The fourth-order valence-corrected chi connectivity index (χ4v) is 4.65. The molecule has 0 radical (unpaired) electrons. The van der Waals surface area contributed by atoms with Crippen molar-refractivity contribution in [2.45, 2.75) is 64.7 Å². The molecule has 0 aromatic rings. The van der Waals surface area contributed by atoms with Crippen LogP contribution in [0.3, 0.4) is 0 Å². The van der Waals surface area contributed by atoms with E-state index in [0.29, 0.717) is 23.8 Å². The molecule has 3 heterocycles. The summed E-state index contributed by atoms with van der Waals surface area (Å²) in [6.45, 7) is 9.50. The number of hydrogen-bond donors (Lipinski definition) is 1. The minimum Gasteiger partial charge on any atom is -0.374 e. The van der Waals surface area contributed by atoms with E-state index in [9.17, 15) is 4.79 Å². The predicted octanol–water partition coefficient (Wildman–Crippen LogP) is 2.04. The highest BCUT2D eigenvalue weighted by molar-refractivity contribution is 5.80. The minimum atomic E-state index is 0.0529. The Morgan fingerprint density at radius 2 is 1.95 bits per heavy atom. The average Bonchev–Trinajstić information content (AvgIpc) is 3.05. The first-order valence-corrected chi connectivity index (χ1v) is 8.76. The predicted molar refractivity (Wildman–Crippen MR) is 83.0 cm³/mol. The fourth-order valence-electron chi connectivity index (χ4n) is 4.65. The van der Waals surface area contributed by atoms with Crippen LogP contribution in [0.2, 0.25) is 0 Å². The van der Waals surface area contributed by atoms with Gasteiger partial charge in [0, 0.05) is 12.6 Å². The third-order valence-electron chi connectivity index (χ3n) is 5.99. The Kier molecular flexibility index (Phi) is 4.55. The van der Waals surface area contributed by atoms with Crippen LogP contribution < -0.4 is 5.32 Å². The quantitative estimate of drug-likeness (QED) is 0.847. The summed E-state index contributed by atoms with van der Waals surface area (Å²) < 4.78 is 5.89. The number of carbonyl (C=O) groups is 1. The van der Waals surface area contributed by atoms with Gasteiger partial charge in [-0.2, -0.15) is 0 Å². The molecule has 3 aliphatic rings. The average molecular weight is 294 g/mol. The van der Waals surface area contributed by atoms with E-state index in [0.717, 1.165) is 19.6 Å². The highest BCUT2D eigenvalue weighted by atomic mass is 16.5. The first kappa shape index (κ1) is 15.3. The topological polar surface area (TPSA) is 41.6 Å². The van der Waals surface area contributed by atoms with Crippen LogP contribution in [0.15, 0.2) is 0 Å². The zero-order chi connectivity index (χ0) is 15.0. The lowest BCUT2D eigenvalue weighted by Gasteiger charge is -2.36. The molecule has 4 heteroatoms. The molecule has 0 bridgehead atoms. The largest absolute Gasteiger partial charge is 0.374 e. The first-order chi connectivity index (χ1) is 10.1. The van der Waals surface area contributed by atoms with E-state index in [-0.39, 0.29) is 18.1 Å². The molecule has 6 atom stereocenters. The molecular formula is C17H30N2O2. The van der Waals surface area contributed by atoms with Gasteiger partial charge < -0.3 is 15.0 Å². The molecule has 0 spiro atoms. The third kappa shape index (κ3) is 2.85. The van der Waals surface area contributed by atoms with Crippen LogP contribution in [0.4, 0.5) is 0 Å². The second-order valence-electron chi connectivity index (χ2n) is 7.28. The molecule has 21 heavy (non-hydrogen) atoms. The van der Waals surface area contributed by atoms with Crippen molar-refractivity contribution in [3.8, 4) is 0 Å². The Bertz CT molecular complexity index is 381. The zero-order valence-corrected chi connectivity index (χ0v) is 13.7. The van der Waals surface area contributed by atoms with E-state index < -0.39 is 0 Å². The summed E-state index contributed by atoms with van der Waals surface area (Å²) in [5, 5.41) is 3.50. The number of likely N-dealkylation sites (tertiary alicyclic amines) is 1. The van der Waals surface area contributed by atoms with Gasteiger partial charge in [0.15, 0.2) is 0 Å². The number of ether oxygens (including phenoxy) is 1. The molecule has 3 fully saturated rings. The molecule has 6 unspecified atom stereocenters. The van der Waals surface area contributed by atoms with Crippen molar-refractivity contribution >= 4 is 5.91 Å². The Labute approximate surface area is 128 Å². The highest BCUT2D eigenvalue weighted by Gasteiger charge is 2.46. The third-order valence-corrected chi connectivity index (χ3v) is 5.99. The first-order valence-electron chi connectivity index (χ1n) is 8.76. The standard InChI is InChI=1S/C17H30N2O2/c1-11-12(2)21-13(3)16(11)17(20)19-9-5-7-15(19)14-6-4-8-18-10-14/h11-16,18H,4-10H2,1-3H3. The van der Waals surface area contributed by atoms with E-state index in [4.69, 9.17) is 4.74 Å². The van der Waals surface area contributed by atoms with E-state index in [1.54, 1.807) is 0 Å². The Morgan fingerprint density at radius 1 is 1.14 bits per heavy atom. The van der Waals surface area contributed by atoms with Crippen LogP contribution >= 0.6 is 0 Å². The van der Waals surface area contributed by atoms with Crippen molar-refractivity contribution in [2.75, 3.05) is 19.6 Å². The van der Waals surface area contributed by atoms with Crippen LogP contribution in [-0.4, -0.2) is 48.7 Å². The molecule has 1 N–H and O–H groups in total. The van der Waals surface area contributed by atoms with Crippen LogP contribution in [-0.2, 0) is 9.53 Å². The van der Waals surface area contributed by atoms with E-state index in [1.807, 2.05) is 0 Å². The molecular weight excluding hydrogens is 264 g/mol. The van der Waals surface area contributed by atoms with Gasteiger partial charge in [-0.15, -0.1) is 0 Å². The summed E-state index contributed by atoms with van der Waals surface area (Å²) >= 11 is 0. The maximum atomic E-state index is 13.1. The van der Waals surface area contributed by atoms with Gasteiger partial charge >= 0.3 is 0 Å². The normalized spacial score (nSPS) is 44.2. The minimum absolute atomic E-state index is 0.0529. The number of amides is 1. The van der Waals surface area contributed by atoms with Gasteiger partial charge in [0.25, 0.3) is 0 Å². The van der Waals surface area contributed by atoms with Gasteiger partial charge in [-0.25, -0.2) is 0 Å². The summed E-state index contributed by atoms with van der Waals surface area (Å²) in [5.74, 6) is 1.39. The fraction of sp³-hybridized carbons (Fsp3) is 0.941.